The van der Waals surface area contributed by atoms with Gasteiger partial charge in [-0.2, -0.15) is 8.78 Å². The van der Waals surface area contributed by atoms with E-state index in [0.29, 0.717) is 19.3 Å². The minimum atomic E-state index is -4.31. The molecule has 1 fully saturated rings. The Labute approximate surface area is 140 Å². The first-order chi connectivity index (χ1) is 11.7. The van der Waals surface area contributed by atoms with Gasteiger partial charge in [-0.05, 0) is 25.3 Å². The van der Waals surface area contributed by atoms with Crippen LogP contribution in [0.25, 0.3) is 0 Å². The van der Waals surface area contributed by atoms with E-state index in [-0.39, 0.29) is 18.0 Å². The summed E-state index contributed by atoms with van der Waals surface area (Å²) in [6, 6.07) is 1.38. The zero-order valence-corrected chi connectivity index (χ0v) is 13.0. The van der Waals surface area contributed by atoms with Gasteiger partial charge in [0.05, 0.1) is 5.56 Å². The molecule has 1 aliphatic rings. The van der Waals surface area contributed by atoms with Gasteiger partial charge in [0, 0.05) is 18.8 Å². The van der Waals surface area contributed by atoms with Crippen molar-refractivity contribution in [1.82, 2.24) is 9.88 Å². The van der Waals surface area contributed by atoms with E-state index in [0.717, 1.165) is 12.3 Å². The van der Waals surface area contributed by atoms with E-state index in [4.69, 9.17) is 0 Å². The number of aromatic nitrogens is 1. The standard InChI is InChI=1S/C15H16F4N2O4/c16-14(17)15(18,19)8-25-11-5-4-9(7-20-11)12(22)21-6-2-1-3-10(21)13(23)24/h4-5,7,10,14H,1-3,6,8H2,(H,23,24). The van der Waals surface area contributed by atoms with E-state index in [2.05, 4.69) is 9.72 Å². The van der Waals surface area contributed by atoms with E-state index < -0.39 is 36.9 Å². The lowest BCUT2D eigenvalue weighted by atomic mass is 10.0. The van der Waals surface area contributed by atoms with E-state index in [9.17, 15) is 32.3 Å². The number of hydrogen-bond donors (Lipinski definition) is 1. The van der Waals surface area contributed by atoms with Gasteiger partial charge in [-0.25, -0.2) is 18.6 Å². The van der Waals surface area contributed by atoms with Crippen LogP contribution in [0.3, 0.4) is 0 Å². The molecule has 1 N–H and O–H groups in total. The molecule has 6 nitrogen and oxygen atoms in total. The number of piperidine rings is 1. The molecule has 0 aliphatic carbocycles. The number of nitrogens with zero attached hydrogens (tertiary/aromatic N) is 2. The highest BCUT2D eigenvalue weighted by Gasteiger charge is 2.42. The van der Waals surface area contributed by atoms with Crippen LogP contribution in [0.5, 0.6) is 5.88 Å². The van der Waals surface area contributed by atoms with Crippen molar-refractivity contribution in [3.63, 3.8) is 0 Å². The SMILES string of the molecule is O=C(O)C1CCCCN1C(=O)c1ccc(OCC(F)(F)C(F)F)nc1. The van der Waals surface area contributed by atoms with Gasteiger partial charge in [0.25, 0.3) is 5.91 Å². The smallest absolute Gasteiger partial charge is 0.340 e. The van der Waals surface area contributed by atoms with Gasteiger partial charge < -0.3 is 14.7 Å². The maximum absolute atomic E-state index is 12.8. The van der Waals surface area contributed by atoms with Gasteiger partial charge in [-0.1, -0.05) is 0 Å². The molecule has 0 bridgehead atoms. The lowest BCUT2D eigenvalue weighted by Crippen LogP contribution is -2.48. The Morgan fingerprint density at radius 2 is 2.08 bits per heavy atom. The maximum atomic E-state index is 12.8. The molecule has 2 heterocycles. The first-order valence-corrected chi connectivity index (χ1v) is 7.51. The third-order valence-corrected chi connectivity index (χ3v) is 3.76. The summed E-state index contributed by atoms with van der Waals surface area (Å²) in [4.78, 5) is 28.5. The molecule has 1 saturated heterocycles. The number of pyridine rings is 1. The number of halogens is 4. The van der Waals surface area contributed by atoms with Crippen LogP contribution in [0.15, 0.2) is 18.3 Å². The number of ether oxygens (including phenoxy) is 1. The highest BCUT2D eigenvalue weighted by atomic mass is 19.3. The number of likely N-dealkylation sites (tertiary alicyclic amines) is 1. The van der Waals surface area contributed by atoms with Gasteiger partial charge in [-0.3, -0.25) is 4.79 Å². The average Bonchev–Trinajstić information content (AvgIpc) is 2.59. The summed E-state index contributed by atoms with van der Waals surface area (Å²) >= 11 is 0. The summed E-state index contributed by atoms with van der Waals surface area (Å²) < 4.78 is 54.2. The van der Waals surface area contributed by atoms with Crippen LogP contribution in [-0.4, -0.2) is 58.4 Å². The van der Waals surface area contributed by atoms with Crippen LogP contribution in [-0.2, 0) is 4.79 Å². The highest BCUT2D eigenvalue weighted by molar-refractivity contribution is 5.96. The van der Waals surface area contributed by atoms with Crippen molar-refractivity contribution in [3.05, 3.63) is 23.9 Å². The maximum Gasteiger partial charge on any atom is 0.340 e. The molecule has 2 rings (SSSR count). The Morgan fingerprint density at radius 1 is 1.36 bits per heavy atom. The average molecular weight is 364 g/mol. The summed E-state index contributed by atoms with van der Waals surface area (Å²) in [5.74, 6) is -6.30. The van der Waals surface area contributed by atoms with Crippen LogP contribution in [0.2, 0.25) is 0 Å². The molecule has 138 valence electrons. The largest absolute Gasteiger partial charge is 0.480 e. The summed E-state index contributed by atoms with van der Waals surface area (Å²) in [6.07, 6.45) is -1.11. The summed E-state index contributed by atoms with van der Waals surface area (Å²) in [5.41, 5.74) is 0.0566. The number of carboxylic acids is 1. The Bertz CT molecular complexity index is 624. The monoisotopic (exact) mass is 364 g/mol. The van der Waals surface area contributed by atoms with E-state index in [1.807, 2.05) is 0 Å². The molecule has 1 aromatic rings. The van der Waals surface area contributed by atoms with E-state index in [1.54, 1.807) is 0 Å². The van der Waals surface area contributed by atoms with Gasteiger partial charge >= 0.3 is 18.3 Å². The van der Waals surface area contributed by atoms with Crippen molar-refractivity contribution in [1.29, 1.82) is 0 Å². The number of carbonyl (C=O) groups is 2. The summed E-state index contributed by atoms with van der Waals surface area (Å²) in [7, 11) is 0. The lowest BCUT2D eigenvalue weighted by Gasteiger charge is -2.32. The zero-order chi connectivity index (χ0) is 18.6. The third-order valence-electron chi connectivity index (χ3n) is 3.76. The molecule has 0 aromatic carbocycles. The predicted octanol–water partition coefficient (Wildman–Crippen LogP) is 2.44. The number of carbonyl (C=O) groups excluding carboxylic acids is 1. The second-order valence-corrected chi connectivity index (χ2v) is 5.58. The van der Waals surface area contributed by atoms with Crippen molar-refractivity contribution in [2.24, 2.45) is 0 Å². The molecular weight excluding hydrogens is 348 g/mol. The van der Waals surface area contributed by atoms with Crippen LogP contribution in [0.4, 0.5) is 17.6 Å². The molecule has 10 heteroatoms. The fourth-order valence-electron chi connectivity index (χ4n) is 2.42. The second kappa shape index (κ2) is 7.66. The molecule has 1 amide bonds. The van der Waals surface area contributed by atoms with Crippen molar-refractivity contribution < 1.29 is 37.0 Å². The Morgan fingerprint density at radius 3 is 2.64 bits per heavy atom. The Balaban J connectivity index is 2.03. The lowest BCUT2D eigenvalue weighted by molar-refractivity contribution is -0.148. The number of amides is 1. The van der Waals surface area contributed by atoms with Crippen LogP contribution in [0, 0.1) is 0 Å². The van der Waals surface area contributed by atoms with Crippen molar-refractivity contribution in [3.8, 4) is 5.88 Å². The molecule has 25 heavy (non-hydrogen) atoms. The van der Waals surface area contributed by atoms with Crippen molar-refractivity contribution >= 4 is 11.9 Å². The quantitative estimate of drug-likeness (QED) is 0.785. The molecular formula is C15H16F4N2O4. The van der Waals surface area contributed by atoms with Crippen LogP contribution >= 0.6 is 0 Å². The third kappa shape index (κ3) is 4.58. The second-order valence-electron chi connectivity index (χ2n) is 5.58. The molecule has 0 radical (unpaired) electrons. The van der Waals surface area contributed by atoms with Gasteiger partial charge in [-0.15, -0.1) is 0 Å². The normalized spacial score (nSPS) is 18.3. The highest BCUT2D eigenvalue weighted by Crippen LogP contribution is 2.24. The Hall–Kier alpha value is -2.39. The van der Waals surface area contributed by atoms with E-state index >= 15 is 0 Å². The number of rotatable bonds is 6. The zero-order valence-electron chi connectivity index (χ0n) is 13.0. The molecule has 1 atom stereocenters. The fraction of sp³-hybridized carbons (Fsp3) is 0.533. The minimum absolute atomic E-state index is 0.0566. The summed E-state index contributed by atoms with van der Waals surface area (Å²) in [5, 5.41) is 9.18. The number of hydrogen-bond acceptors (Lipinski definition) is 4. The Kier molecular flexibility index (Phi) is 5.81. The first kappa shape index (κ1) is 18.9. The first-order valence-electron chi connectivity index (χ1n) is 7.51. The van der Waals surface area contributed by atoms with Crippen molar-refractivity contribution in [2.45, 2.75) is 37.7 Å². The fourth-order valence-corrected chi connectivity index (χ4v) is 2.42. The van der Waals surface area contributed by atoms with Gasteiger partial charge in [0.2, 0.25) is 5.88 Å². The topological polar surface area (TPSA) is 79.7 Å². The molecule has 1 aromatic heterocycles. The van der Waals surface area contributed by atoms with Gasteiger partial charge in [0.1, 0.15) is 6.04 Å². The number of alkyl halides is 4. The van der Waals surface area contributed by atoms with E-state index in [1.165, 1.54) is 11.0 Å². The van der Waals surface area contributed by atoms with Crippen LogP contribution in [0.1, 0.15) is 29.6 Å². The summed E-state index contributed by atoms with van der Waals surface area (Å²) in [6.45, 7) is -1.26. The number of carboxylic acid groups (broad SMARTS) is 1. The molecule has 1 aliphatic heterocycles. The minimum Gasteiger partial charge on any atom is -0.480 e. The van der Waals surface area contributed by atoms with Crippen LogP contribution < -0.4 is 4.74 Å². The van der Waals surface area contributed by atoms with Crippen molar-refractivity contribution in [2.75, 3.05) is 13.2 Å². The molecule has 0 saturated carbocycles. The molecule has 0 spiro atoms. The predicted molar refractivity (Wildman–Crippen MR) is 77.0 cm³/mol. The molecule has 1 unspecified atom stereocenters. The van der Waals surface area contributed by atoms with Gasteiger partial charge in [0.15, 0.2) is 6.61 Å². The number of aliphatic carboxylic acids is 1.